The molecular formula is C26H36N2O. The molecule has 0 saturated carbocycles. The molecular weight excluding hydrogens is 356 g/mol. The van der Waals surface area contributed by atoms with Crippen LogP contribution in [0.3, 0.4) is 0 Å². The third kappa shape index (κ3) is 5.10. The lowest BCUT2D eigenvalue weighted by Crippen LogP contribution is -2.28. The topological polar surface area (TPSA) is 26.7 Å². The Morgan fingerprint density at radius 3 is 1.41 bits per heavy atom. The van der Waals surface area contributed by atoms with Gasteiger partial charge in [0.2, 0.25) is 0 Å². The van der Waals surface area contributed by atoms with Crippen molar-refractivity contribution in [2.75, 3.05) is 36.0 Å². The van der Waals surface area contributed by atoms with Gasteiger partial charge in [-0.2, -0.15) is 0 Å². The minimum Gasteiger partial charge on any atom is -0.380 e. The van der Waals surface area contributed by atoms with Crippen LogP contribution in [0.2, 0.25) is 0 Å². The Balaban J connectivity index is 2.45. The van der Waals surface area contributed by atoms with Crippen molar-refractivity contribution in [3.05, 3.63) is 84.5 Å². The van der Waals surface area contributed by atoms with E-state index in [2.05, 4.69) is 74.9 Å². The summed E-state index contributed by atoms with van der Waals surface area (Å²) in [6.45, 7) is 20.3. The summed E-state index contributed by atoms with van der Waals surface area (Å²) in [5, 5.41) is 11.8. The average Bonchev–Trinajstić information content (AvgIpc) is 2.76. The second-order valence-electron chi connectivity index (χ2n) is 7.34. The molecule has 0 spiro atoms. The molecule has 1 N–H and O–H groups in total. The van der Waals surface area contributed by atoms with Crippen LogP contribution in [0.5, 0.6) is 0 Å². The van der Waals surface area contributed by atoms with Gasteiger partial charge in [0, 0.05) is 44.0 Å². The molecule has 0 aromatic heterocycles. The quantitative estimate of drug-likeness (QED) is 0.493. The molecule has 0 amide bonds. The maximum absolute atomic E-state index is 11.8. The van der Waals surface area contributed by atoms with Crippen molar-refractivity contribution in [3.63, 3.8) is 0 Å². The van der Waals surface area contributed by atoms with Gasteiger partial charge in [-0.15, -0.1) is 0 Å². The van der Waals surface area contributed by atoms with Crippen molar-refractivity contribution in [2.45, 2.75) is 39.7 Å². The van der Waals surface area contributed by atoms with Gasteiger partial charge in [0.1, 0.15) is 5.60 Å². The van der Waals surface area contributed by atoms with Crippen LogP contribution < -0.4 is 9.80 Å². The zero-order chi connectivity index (χ0) is 21.4. The SMILES string of the molecule is C=CC(=C)CC(O)(c1ccc(N(CC)CC)cc1)c1ccc(N(CC)CC)cc1. The summed E-state index contributed by atoms with van der Waals surface area (Å²) in [5.41, 5.74) is 3.74. The van der Waals surface area contributed by atoms with E-state index in [9.17, 15) is 5.11 Å². The van der Waals surface area contributed by atoms with Crippen molar-refractivity contribution in [1.82, 2.24) is 0 Å². The van der Waals surface area contributed by atoms with Gasteiger partial charge in [-0.05, 0) is 63.1 Å². The van der Waals surface area contributed by atoms with Crippen molar-refractivity contribution >= 4 is 11.4 Å². The Kier molecular flexibility index (Phi) is 8.10. The van der Waals surface area contributed by atoms with Crippen molar-refractivity contribution < 1.29 is 5.11 Å². The summed E-state index contributed by atoms with van der Waals surface area (Å²) < 4.78 is 0. The van der Waals surface area contributed by atoms with Gasteiger partial charge in [-0.25, -0.2) is 0 Å². The van der Waals surface area contributed by atoms with Gasteiger partial charge < -0.3 is 14.9 Å². The van der Waals surface area contributed by atoms with E-state index < -0.39 is 5.60 Å². The minimum absolute atomic E-state index is 0.408. The monoisotopic (exact) mass is 392 g/mol. The Morgan fingerprint density at radius 1 is 0.793 bits per heavy atom. The molecule has 2 aromatic carbocycles. The molecule has 0 radical (unpaired) electrons. The van der Waals surface area contributed by atoms with E-state index in [4.69, 9.17) is 0 Å². The number of benzene rings is 2. The van der Waals surface area contributed by atoms with Gasteiger partial charge in [-0.1, -0.05) is 49.1 Å². The highest BCUT2D eigenvalue weighted by Crippen LogP contribution is 2.37. The minimum atomic E-state index is -1.14. The summed E-state index contributed by atoms with van der Waals surface area (Å²) in [5.74, 6) is 0. The van der Waals surface area contributed by atoms with E-state index in [1.54, 1.807) is 6.08 Å². The fraction of sp³-hybridized carbons (Fsp3) is 0.385. The van der Waals surface area contributed by atoms with Gasteiger partial charge in [0.25, 0.3) is 0 Å². The van der Waals surface area contributed by atoms with Gasteiger partial charge >= 0.3 is 0 Å². The first-order chi connectivity index (χ1) is 13.9. The fourth-order valence-corrected chi connectivity index (χ4v) is 3.85. The summed E-state index contributed by atoms with van der Waals surface area (Å²) in [4.78, 5) is 4.59. The number of rotatable bonds is 11. The van der Waals surface area contributed by atoms with E-state index in [0.717, 1.165) is 42.9 Å². The fourth-order valence-electron chi connectivity index (χ4n) is 3.85. The molecule has 0 bridgehead atoms. The second-order valence-corrected chi connectivity index (χ2v) is 7.34. The standard InChI is InChI=1S/C26H36N2O/c1-7-21(6)20-26(29,22-12-16-24(17-13-22)27(8-2)9-3)23-14-18-25(19-15-23)28(10-4)11-5/h7,12-19,29H,1,6,8-11,20H2,2-5H3. The van der Waals surface area contributed by atoms with E-state index in [1.165, 1.54) is 11.4 Å². The summed E-state index contributed by atoms with van der Waals surface area (Å²) >= 11 is 0. The largest absolute Gasteiger partial charge is 0.380 e. The molecule has 0 aliphatic heterocycles. The van der Waals surface area contributed by atoms with E-state index in [-0.39, 0.29) is 0 Å². The first kappa shape index (κ1) is 22.8. The van der Waals surface area contributed by atoms with Crippen LogP contribution >= 0.6 is 0 Å². The molecule has 0 fully saturated rings. The first-order valence-electron chi connectivity index (χ1n) is 10.7. The van der Waals surface area contributed by atoms with Crippen molar-refractivity contribution in [2.24, 2.45) is 0 Å². The summed E-state index contributed by atoms with van der Waals surface area (Å²) in [6, 6.07) is 16.5. The lowest BCUT2D eigenvalue weighted by atomic mass is 9.81. The normalized spacial score (nSPS) is 11.2. The van der Waals surface area contributed by atoms with E-state index in [0.29, 0.717) is 6.42 Å². The highest BCUT2D eigenvalue weighted by molar-refractivity contribution is 5.53. The molecule has 2 rings (SSSR count). The molecule has 3 heteroatoms. The Labute approximate surface area is 177 Å². The Morgan fingerprint density at radius 2 is 1.14 bits per heavy atom. The van der Waals surface area contributed by atoms with Gasteiger partial charge in [0.15, 0.2) is 0 Å². The maximum atomic E-state index is 11.8. The molecule has 156 valence electrons. The predicted molar refractivity (Wildman–Crippen MR) is 127 cm³/mol. The van der Waals surface area contributed by atoms with E-state index in [1.807, 2.05) is 24.3 Å². The number of anilines is 2. The number of allylic oxidation sites excluding steroid dienone is 1. The lowest BCUT2D eigenvalue weighted by molar-refractivity contribution is 0.0821. The second kappa shape index (κ2) is 10.3. The van der Waals surface area contributed by atoms with E-state index >= 15 is 0 Å². The van der Waals surface area contributed by atoms with Crippen LogP contribution in [0.15, 0.2) is 73.3 Å². The number of nitrogens with zero attached hydrogens (tertiary/aromatic N) is 2. The van der Waals surface area contributed by atoms with Crippen LogP contribution in [-0.4, -0.2) is 31.3 Å². The summed E-state index contributed by atoms with van der Waals surface area (Å²) in [6.07, 6.45) is 2.13. The van der Waals surface area contributed by atoms with Crippen molar-refractivity contribution in [3.8, 4) is 0 Å². The summed E-state index contributed by atoms with van der Waals surface area (Å²) in [7, 11) is 0. The predicted octanol–water partition coefficient (Wildman–Crippen LogP) is 5.75. The van der Waals surface area contributed by atoms with Gasteiger partial charge in [-0.3, -0.25) is 0 Å². The molecule has 2 aromatic rings. The lowest BCUT2D eigenvalue weighted by Gasteiger charge is -2.31. The smallest absolute Gasteiger partial charge is 0.119 e. The van der Waals surface area contributed by atoms with Crippen LogP contribution in [0.4, 0.5) is 11.4 Å². The molecule has 3 nitrogen and oxygen atoms in total. The molecule has 0 unspecified atom stereocenters. The van der Waals surface area contributed by atoms with Crippen LogP contribution in [-0.2, 0) is 5.60 Å². The average molecular weight is 393 g/mol. The molecule has 0 atom stereocenters. The van der Waals surface area contributed by atoms with Crippen molar-refractivity contribution in [1.29, 1.82) is 0 Å². The van der Waals surface area contributed by atoms with Crippen LogP contribution in [0.1, 0.15) is 45.2 Å². The maximum Gasteiger partial charge on any atom is 0.119 e. The molecule has 0 saturated heterocycles. The highest BCUT2D eigenvalue weighted by atomic mass is 16.3. The Hall–Kier alpha value is -2.52. The zero-order valence-corrected chi connectivity index (χ0v) is 18.5. The Bertz CT molecular complexity index is 729. The number of hydrogen-bond acceptors (Lipinski definition) is 3. The number of aliphatic hydroxyl groups is 1. The third-order valence-corrected chi connectivity index (χ3v) is 5.72. The van der Waals surface area contributed by atoms with Crippen LogP contribution in [0.25, 0.3) is 0 Å². The number of hydrogen-bond donors (Lipinski definition) is 1. The molecule has 29 heavy (non-hydrogen) atoms. The molecule has 0 heterocycles. The zero-order valence-electron chi connectivity index (χ0n) is 18.5. The van der Waals surface area contributed by atoms with Gasteiger partial charge in [0.05, 0.1) is 0 Å². The third-order valence-electron chi connectivity index (χ3n) is 5.72. The molecule has 0 aliphatic carbocycles. The first-order valence-corrected chi connectivity index (χ1v) is 10.7. The highest BCUT2D eigenvalue weighted by Gasteiger charge is 2.32. The van der Waals surface area contributed by atoms with Crippen LogP contribution in [0, 0.1) is 0 Å². The molecule has 0 aliphatic rings.